The van der Waals surface area contributed by atoms with Gasteiger partial charge in [-0.15, -0.1) is 5.11 Å². The molecule has 152 valence electrons. The number of hydrogen-bond donors (Lipinski definition) is 3. The summed E-state index contributed by atoms with van der Waals surface area (Å²) < 4.78 is 0. The summed E-state index contributed by atoms with van der Waals surface area (Å²) in [5, 5.41) is 28.0. The number of β-amino-alcohol motifs (C(OH)–C–C–N with tert-alkyl or cyclic N) is 1. The number of nitrogens with zero attached hydrogens (tertiary/aromatic N) is 5. The Morgan fingerprint density at radius 3 is 2.48 bits per heavy atom. The van der Waals surface area contributed by atoms with Gasteiger partial charge in [0, 0.05) is 38.4 Å². The number of anilines is 4. The first-order valence-electron chi connectivity index (χ1n) is 9.39. The Bertz CT molecular complexity index is 948. The molecule has 2 heterocycles. The van der Waals surface area contributed by atoms with Crippen molar-refractivity contribution >= 4 is 34.4 Å². The molecule has 0 aliphatic carbocycles. The number of nitrogen functional groups attached to an aromatic ring is 1. The van der Waals surface area contributed by atoms with Crippen LogP contribution in [0.15, 0.2) is 52.7 Å². The zero-order valence-electron chi connectivity index (χ0n) is 16.3. The zero-order valence-corrected chi connectivity index (χ0v) is 16.3. The van der Waals surface area contributed by atoms with Crippen molar-refractivity contribution in [3.63, 3.8) is 0 Å². The van der Waals surface area contributed by atoms with E-state index in [-0.39, 0.29) is 12.7 Å². The second-order valence-corrected chi connectivity index (χ2v) is 7.44. The van der Waals surface area contributed by atoms with Crippen molar-refractivity contribution in [1.29, 1.82) is 0 Å². The molecule has 0 saturated carbocycles. The predicted octanol–water partition coefficient (Wildman–Crippen LogP) is 2.25. The minimum Gasteiger partial charge on any atom is -0.480 e. The van der Waals surface area contributed by atoms with Crippen LogP contribution in [0.2, 0.25) is 0 Å². The van der Waals surface area contributed by atoms with Crippen LogP contribution in [0, 0.1) is 0 Å². The van der Waals surface area contributed by atoms with Gasteiger partial charge < -0.3 is 30.6 Å². The van der Waals surface area contributed by atoms with E-state index >= 15 is 0 Å². The van der Waals surface area contributed by atoms with Gasteiger partial charge in [-0.05, 0) is 42.5 Å². The zero-order chi connectivity index (χ0) is 20.7. The van der Waals surface area contributed by atoms with E-state index in [1.54, 1.807) is 29.2 Å². The van der Waals surface area contributed by atoms with E-state index < -0.39 is 18.1 Å². The van der Waals surface area contributed by atoms with Gasteiger partial charge in [-0.25, -0.2) is 4.79 Å². The first-order valence-corrected chi connectivity index (χ1v) is 9.39. The highest BCUT2D eigenvalue weighted by Crippen LogP contribution is 2.39. The number of carboxylic acids is 1. The molecule has 4 rings (SSSR count). The molecule has 0 bridgehead atoms. The Kier molecular flexibility index (Phi) is 4.75. The van der Waals surface area contributed by atoms with Crippen LogP contribution < -0.4 is 20.4 Å². The molecule has 3 atom stereocenters. The molecule has 2 aliphatic rings. The maximum atomic E-state index is 11.4. The third-order valence-corrected chi connectivity index (χ3v) is 5.47. The second-order valence-electron chi connectivity index (χ2n) is 7.44. The quantitative estimate of drug-likeness (QED) is 0.536. The fourth-order valence-electron chi connectivity index (χ4n) is 3.95. The highest BCUT2D eigenvalue weighted by Gasteiger charge is 2.36. The van der Waals surface area contributed by atoms with Gasteiger partial charge in [0.05, 0.1) is 23.2 Å². The number of rotatable bonds is 4. The summed E-state index contributed by atoms with van der Waals surface area (Å²) in [5.41, 5.74) is 10.0. The number of fused-ring (bicyclic) bond motifs is 1. The van der Waals surface area contributed by atoms with Crippen molar-refractivity contribution < 1.29 is 15.0 Å². The first-order chi connectivity index (χ1) is 13.8. The molecule has 9 heteroatoms. The van der Waals surface area contributed by atoms with Crippen LogP contribution in [0.1, 0.15) is 6.42 Å². The smallest absolute Gasteiger partial charge is 0.326 e. The average Bonchev–Trinajstić information content (AvgIpc) is 3.19. The van der Waals surface area contributed by atoms with Crippen molar-refractivity contribution in [1.82, 2.24) is 0 Å². The molecule has 1 saturated heterocycles. The summed E-state index contributed by atoms with van der Waals surface area (Å²) in [7, 11) is 3.90. The lowest BCUT2D eigenvalue weighted by Gasteiger charge is -2.23. The average molecular weight is 396 g/mol. The van der Waals surface area contributed by atoms with E-state index in [9.17, 15) is 15.0 Å². The molecule has 2 aliphatic heterocycles. The molecule has 0 amide bonds. The monoisotopic (exact) mass is 396 g/mol. The van der Waals surface area contributed by atoms with Crippen molar-refractivity contribution in [2.45, 2.75) is 24.9 Å². The molecule has 9 nitrogen and oxygen atoms in total. The lowest BCUT2D eigenvalue weighted by atomic mass is 10.2. The predicted molar refractivity (Wildman–Crippen MR) is 112 cm³/mol. The van der Waals surface area contributed by atoms with Crippen molar-refractivity contribution in [3.8, 4) is 0 Å². The molecule has 2 aromatic carbocycles. The van der Waals surface area contributed by atoms with Gasteiger partial charge in [0.15, 0.2) is 0 Å². The Labute approximate surface area is 168 Å². The number of benzene rings is 2. The van der Waals surface area contributed by atoms with Crippen molar-refractivity contribution in [2.75, 3.05) is 41.1 Å². The van der Waals surface area contributed by atoms with E-state index in [2.05, 4.69) is 10.2 Å². The molecular formula is C20H24N6O3. The van der Waals surface area contributed by atoms with E-state index in [0.717, 1.165) is 17.1 Å². The van der Waals surface area contributed by atoms with E-state index in [1.165, 1.54) is 0 Å². The SMILES string of the molecule is CN1c2ccc(N)cc2N(C)C1N=Nc1ccc(N2CC(O)CC2C(=O)O)cc1. The molecule has 29 heavy (non-hydrogen) atoms. The molecule has 0 aromatic heterocycles. The van der Waals surface area contributed by atoms with Crippen LogP contribution in [0.3, 0.4) is 0 Å². The van der Waals surface area contributed by atoms with Crippen LogP contribution in [-0.4, -0.2) is 55.3 Å². The Morgan fingerprint density at radius 1 is 1.10 bits per heavy atom. The third-order valence-electron chi connectivity index (χ3n) is 5.47. The van der Waals surface area contributed by atoms with Crippen molar-refractivity contribution in [3.05, 3.63) is 42.5 Å². The van der Waals surface area contributed by atoms with Gasteiger partial charge in [-0.1, -0.05) is 0 Å². The van der Waals surface area contributed by atoms with Gasteiger partial charge in [-0.2, -0.15) is 5.11 Å². The largest absolute Gasteiger partial charge is 0.480 e. The lowest BCUT2D eigenvalue weighted by Crippen LogP contribution is -2.36. The molecule has 4 N–H and O–H groups in total. The lowest BCUT2D eigenvalue weighted by molar-refractivity contribution is -0.138. The van der Waals surface area contributed by atoms with Crippen molar-refractivity contribution in [2.24, 2.45) is 10.2 Å². The number of aliphatic carboxylic acids is 1. The number of aliphatic hydroxyl groups is 1. The highest BCUT2D eigenvalue weighted by molar-refractivity contribution is 5.80. The minimum absolute atomic E-state index is 0.224. The number of nitrogens with two attached hydrogens (primary N) is 1. The number of aliphatic hydroxyl groups excluding tert-OH is 1. The van der Waals surface area contributed by atoms with Crippen LogP contribution in [0.25, 0.3) is 0 Å². The molecule has 2 aromatic rings. The Balaban J connectivity index is 1.49. The van der Waals surface area contributed by atoms with Crippen LogP contribution in [0.5, 0.6) is 0 Å². The summed E-state index contributed by atoms with van der Waals surface area (Å²) in [6.45, 7) is 0.302. The van der Waals surface area contributed by atoms with E-state index in [1.807, 2.05) is 42.1 Å². The van der Waals surface area contributed by atoms with Gasteiger partial charge in [0.25, 0.3) is 0 Å². The maximum absolute atomic E-state index is 11.4. The van der Waals surface area contributed by atoms with Crippen LogP contribution in [-0.2, 0) is 4.79 Å². The number of carbonyl (C=O) groups is 1. The van der Waals surface area contributed by atoms with Gasteiger partial charge in [0.2, 0.25) is 6.29 Å². The number of carboxylic acid groups (broad SMARTS) is 1. The Morgan fingerprint density at radius 2 is 1.79 bits per heavy atom. The van der Waals surface area contributed by atoms with Crippen LogP contribution >= 0.6 is 0 Å². The number of hydrogen-bond acceptors (Lipinski definition) is 8. The normalized spacial score (nSPS) is 23.8. The fraction of sp³-hybridized carbons (Fsp3) is 0.350. The third kappa shape index (κ3) is 3.44. The summed E-state index contributed by atoms with van der Waals surface area (Å²) in [6, 6.07) is 12.2. The van der Waals surface area contributed by atoms with Gasteiger partial charge in [0.1, 0.15) is 6.04 Å². The highest BCUT2D eigenvalue weighted by atomic mass is 16.4. The molecule has 3 unspecified atom stereocenters. The molecular weight excluding hydrogens is 372 g/mol. The maximum Gasteiger partial charge on any atom is 0.326 e. The number of azo groups is 1. The summed E-state index contributed by atoms with van der Waals surface area (Å²) in [6.07, 6.45) is -0.696. The van der Waals surface area contributed by atoms with E-state index in [4.69, 9.17) is 5.73 Å². The molecule has 0 radical (unpaired) electrons. The molecule has 1 fully saturated rings. The van der Waals surface area contributed by atoms with Gasteiger partial charge >= 0.3 is 5.97 Å². The van der Waals surface area contributed by atoms with E-state index in [0.29, 0.717) is 17.9 Å². The van der Waals surface area contributed by atoms with Crippen LogP contribution in [0.4, 0.5) is 28.4 Å². The second kappa shape index (κ2) is 7.25. The standard InChI is InChI=1S/C20H24N6O3/c1-24-16-8-3-12(21)9-17(16)25(2)20(24)23-22-13-4-6-14(7-5-13)26-11-15(27)10-18(26)19(28)29/h3-9,15,18,20,27H,10-11,21H2,1-2H3,(H,28,29). The fourth-order valence-corrected chi connectivity index (χ4v) is 3.95. The first kappa shape index (κ1) is 19.0. The topological polar surface area (TPSA) is 118 Å². The minimum atomic E-state index is -0.933. The Hall–Kier alpha value is -3.33. The molecule has 0 spiro atoms. The summed E-state index contributed by atoms with van der Waals surface area (Å²) in [4.78, 5) is 17.2. The summed E-state index contributed by atoms with van der Waals surface area (Å²) >= 11 is 0. The van der Waals surface area contributed by atoms with Gasteiger partial charge in [-0.3, -0.25) is 0 Å². The summed E-state index contributed by atoms with van der Waals surface area (Å²) in [5.74, 6) is -0.933.